The first-order valence-corrected chi connectivity index (χ1v) is 2.71. The molecule has 0 fully saturated rings. The van der Waals surface area contributed by atoms with Gasteiger partial charge >= 0.3 is 0 Å². The Morgan fingerprint density at radius 1 is 1.88 bits per heavy atom. The molecule has 0 bridgehead atoms. The highest BCUT2D eigenvalue weighted by Crippen LogP contribution is 1.62. The van der Waals surface area contributed by atoms with E-state index in [4.69, 9.17) is 12.2 Å². The molecule has 0 unspecified atom stereocenters. The second kappa shape index (κ2) is 4.52. The van der Waals surface area contributed by atoms with Crippen molar-refractivity contribution < 1.29 is 0 Å². The molecule has 0 heterocycles. The molecule has 0 atom stereocenters. The average Bonchev–Trinajstić information content (AvgIpc) is 1.68. The highest BCUT2D eigenvalue weighted by atomic mass is 32.1. The predicted molar refractivity (Wildman–Crippen MR) is 39.0 cm³/mol. The second-order valence-corrected chi connectivity index (χ2v) is 1.54. The van der Waals surface area contributed by atoms with Gasteiger partial charge in [0.1, 0.15) is 0 Å². The SMILES string of the molecule is C=NNC(=S)NCC. The highest BCUT2D eigenvalue weighted by Gasteiger charge is 1.83. The summed E-state index contributed by atoms with van der Waals surface area (Å²) in [6.07, 6.45) is 0. The number of hydrogen-bond acceptors (Lipinski definition) is 2. The van der Waals surface area contributed by atoms with Gasteiger partial charge in [0.25, 0.3) is 0 Å². The van der Waals surface area contributed by atoms with E-state index in [1.807, 2.05) is 6.92 Å². The zero-order chi connectivity index (χ0) is 6.41. The van der Waals surface area contributed by atoms with Crippen molar-refractivity contribution in [2.75, 3.05) is 6.54 Å². The molecule has 0 aromatic carbocycles. The van der Waals surface area contributed by atoms with Gasteiger partial charge in [-0.3, -0.25) is 5.43 Å². The minimum atomic E-state index is 0.516. The van der Waals surface area contributed by atoms with Gasteiger partial charge in [-0.15, -0.1) is 0 Å². The van der Waals surface area contributed by atoms with Gasteiger partial charge in [0.15, 0.2) is 5.11 Å². The molecule has 4 heteroatoms. The quantitative estimate of drug-likeness (QED) is 0.317. The van der Waals surface area contributed by atoms with Crippen molar-refractivity contribution >= 4 is 24.0 Å². The van der Waals surface area contributed by atoms with Crippen molar-refractivity contribution in [3.63, 3.8) is 0 Å². The Labute approximate surface area is 54.2 Å². The Morgan fingerprint density at radius 3 is 2.88 bits per heavy atom. The van der Waals surface area contributed by atoms with Gasteiger partial charge in [-0.2, -0.15) is 5.10 Å². The number of hydrogen-bond donors (Lipinski definition) is 2. The van der Waals surface area contributed by atoms with Crippen LogP contribution in [0.1, 0.15) is 6.92 Å². The van der Waals surface area contributed by atoms with E-state index >= 15 is 0 Å². The van der Waals surface area contributed by atoms with Crippen LogP contribution in [0, 0.1) is 0 Å². The Balaban J connectivity index is 3.18. The van der Waals surface area contributed by atoms with E-state index in [-0.39, 0.29) is 0 Å². The van der Waals surface area contributed by atoms with Crippen LogP contribution >= 0.6 is 12.2 Å². The fraction of sp³-hybridized carbons (Fsp3) is 0.500. The zero-order valence-electron chi connectivity index (χ0n) is 4.77. The number of rotatable bonds is 2. The molecule has 0 aromatic rings. The number of thiocarbonyl (C=S) groups is 1. The Kier molecular flexibility index (Phi) is 4.16. The van der Waals surface area contributed by atoms with Gasteiger partial charge in [-0.1, -0.05) is 0 Å². The summed E-state index contributed by atoms with van der Waals surface area (Å²) in [6.45, 7) is 5.96. The van der Waals surface area contributed by atoms with E-state index in [1.54, 1.807) is 0 Å². The van der Waals surface area contributed by atoms with Gasteiger partial charge in [0.2, 0.25) is 0 Å². The summed E-state index contributed by atoms with van der Waals surface area (Å²) in [5.74, 6) is 0. The first kappa shape index (κ1) is 7.36. The van der Waals surface area contributed by atoms with E-state index in [0.717, 1.165) is 6.54 Å². The van der Waals surface area contributed by atoms with Crippen molar-refractivity contribution in [3.05, 3.63) is 0 Å². The standard InChI is InChI=1S/C4H9N3S/c1-3-6-4(8)7-5-2/h2-3H2,1H3,(H2,6,7,8). The lowest BCUT2D eigenvalue weighted by Gasteiger charge is -2.00. The Bertz CT molecular complexity index is 91.3. The van der Waals surface area contributed by atoms with Crippen molar-refractivity contribution in [2.45, 2.75) is 6.92 Å². The van der Waals surface area contributed by atoms with Crippen molar-refractivity contribution in [3.8, 4) is 0 Å². The van der Waals surface area contributed by atoms with Crippen LogP contribution in [0.4, 0.5) is 0 Å². The summed E-state index contributed by atoms with van der Waals surface area (Å²) < 4.78 is 0. The topological polar surface area (TPSA) is 36.4 Å². The average molecular weight is 131 g/mol. The Morgan fingerprint density at radius 2 is 2.50 bits per heavy atom. The maximum atomic E-state index is 4.70. The fourth-order valence-corrected chi connectivity index (χ4v) is 0.481. The Hall–Kier alpha value is -0.640. The van der Waals surface area contributed by atoms with Gasteiger partial charge in [-0.05, 0) is 19.1 Å². The molecule has 0 saturated heterocycles. The maximum Gasteiger partial charge on any atom is 0.186 e. The fourth-order valence-electron chi connectivity index (χ4n) is 0.272. The monoisotopic (exact) mass is 131 g/mol. The van der Waals surface area contributed by atoms with Crippen LogP contribution in [0.25, 0.3) is 0 Å². The molecule has 0 spiro atoms. The van der Waals surface area contributed by atoms with Gasteiger partial charge in [0.05, 0.1) is 0 Å². The molecule has 0 rings (SSSR count). The largest absolute Gasteiger partial charge is 0.362 e. The molecule has 8 heavy (non-hydrogen) atoms. The highest BCUT2D eigenvalue weighted by molar-refractivity contribution is 7.80. The van der Waals surface area contributed by atoms with Crippen molar-refractivity contribution in [1.29, 1.82) is 0 Å². The molecule has 0 aliphatic heterocycles. The van der Waals surface area contributed by atoms with Crippen LogP contribution in [0.2, 0.25) is 0 Å². The lowest BCUT2D eigenvalue weighted by Crippen LogP contribution is -2.31. The lowest BCUT2D eigenvalue weighted by atomic mass is 10.8. The first-order chi connectivity index (χ1) is 3.81. The molecule has 0 aromatic heterocycles. The molecular weight excluding hydrogens is 122 g/mol. The van der Waals surface area contributed by atoms with E-state index in [2.05, 4.69) is 22.6 Å². The number of hydrazone groups is 1. The molecule has 3 nitrogen and oxygen atoms in total. The molecule has 0 amide bonds. The molecule has 0 radical (unpaired) electrons. The van der Waals surface area contributed by atoms with Gasteiger partial charge in [0, 0.05) is 13.3 Å². The molecule has 0 aliphatic rings. The third kappa shape index (κ3) is 3.55. The molecular formula is C4H9N3S. The summed E-state index contributed by atoms with van der Waals surface area (Å²) in [7, 11) is 0. The summed E-state index contributed by atoms with van der Waals surface area (Å²) in [5, 5.41) is 6.70. The number of nitrogens with zero attached hydrogens (tertiary/aromatic N) is 1. The zero-order valence-corrected chi connectivity index (χ0v) is 5.59. The summed E-state index contributed by atoms with van der Waals surface area (Å²) in [6, 6.07) is 0. The third-order valence-corrected chi connectivity index (χ3v) is 0.754. The normalized spacial score (nSPS) is 7.62. The lowest BCUT2D eigenvalue weighted by molar-refractivity contribution is 0.906. The summed E-state index contributed by atoms with van der Waals surface area (Å²) in [5.41, 5.74) is 2.48. The first-order valence-electron chi connectivity index (χ1n) is 2.30. The molecule has 0 aliphatic carbocycles. The molecule has 0 saturated carbocycles. The van der Waals surface area contributed by atoms with E-state index in [9.17, 15) is 0 Å². The molecule has 46 valence electrons. The van der Waals surface area contributed by atoms with Crippen molar-refractivity contribution in [2.24, 2.45) is 5.10 Å². The van der Waals surface area contributed by atoms with Crippen LogP contribution in [-0.2, 0) is 0 Å². The predicted octanol–water partition coefficient (Wildman–Crippen LogP) is 0.0860. The second-order valence-electron chi connectivity index (χ2n) is 1.13. The van der Waals surface area contributed by atoms with Gasteiger partial charge < -0.3 is 5.32 Å². The van der Waals surface area contributed by atoms with Crippen LogP contribution < -0.4 is 10.7 Å². The molecule has 2 N–H and O–H groups in total. The van der Waals surface area contributed by atoms with E-state index in [1.165, 1.54) is 0 Å². The summed E-state index contributed by atoms with van der Waals surface area (Å²) >= 11 is 4.70. The smallest absolute Gasteiger partial charge is 0.186 e. The van der Waals surface area contributed by atoms with E-state index < -0.39 is 0 Å². The van der Waals surface area contributed by atoms with Gasteiger partial charge in [-0.25, -0.2) is 0 Å². The van der Waals surface area contributed by atoms with Crippen LogP contribution in [0.3, 0.4) is 0 Å². The van der Waals surface area contributed by atoms with Crippen LogP contribution in [-0.4, -0.2) is 18.4 Å². The number of nitrogens with one attached hydrogen (secondary N) is 2. The summed E-state index contributed by atoms with van der Waals surface area (Å²) in [4.78, 5) is 0. The third-order valence-electron chi connectivity index (χ3n) is 0.518. The minimum absolute atomic E-state index is 0.516. The van der Waals surface area contributed by atoms with E-state index in [0.29, 0.717) is 5.11 Å². The van der Waals surface area contributed by atoms with Crippen molar-refractivity contribution in [1.82, 2.24) is 10.7 Å². The minimum Gasteiger partial charge on any atom is -0.362 e. The maximum absolute atomic E-state index is 4.70. The van der Waals surface area contributed by atoms with Crippen LogP contribution in [0.5, 0.6) is 0 Å². The van der Waals surface area contributed by atoms with Crippen LogP contribution in [0.15, 0.2) is 5.10 Å².